The van der Waals surface area contributed by atoms with Crippen molar-refractivity contribution in [1.82, 2.24) is 5.32 Å². The number of hydrogen-bond acceptors (Lipinski definition) is 2. The highest BCUT2D eigenvalue weighted by atomic mass is 16.3. The van der Waals surface area contributed by atoms with Gasteiger partial charge in [-0.1, -0.05) is 12.2 Å². The molecule has 0 aromatic carbocycles. The molecule has 0 aliphatic heterocycles. The maximum absolute atomic E-state index is 8.78. The molecular formula is C7H15NO. The van der Waals surface area contributed by atoms with Crippen LogP contribution in [-0.4, -0.2) is 24.3 Å². The fraction of sp³-hybridized carbons (Fsp3) is 0.714. The van der Waals surface area contributed by atoms with Gasteiger partial charge in [0.1, 0.15) is 0 Å². The number of aliphatic hydroxyl groups is 1. The normalized spacial score (nSPS) is 18.2. The van der Waals surface area contributed by atoms with Gasteiger partial charge < -0.3 is 10.4 Å². The molecule has 0 saturated carbocycles. The second kappa shape index (κ2) is 4.53. The summed E-state index contributed by atoms with van der Waals surface area (Å²) in [6.07, 6.45) is 3.37. The van der Waals surface area contributed by atoms with Crippen LogP contribution in [0.3, 0.4) is 0 Å². The Balaban J connectivity index is 3.43. The third-order valence-electron chi connectivity index (χ3n) is 1.13. The van der Waals surface area contributed by atoms with E-state index < -0.39 is 0 Å². The molecule has 2 atom stereocenters. The summed E-state index contributed by atoms with van der Waals surface area (Å²) in [7, 11) is 1.89. The molecule has 0 radical (unpaired) electrons. The molecule has 2 nitrogen and oxygen atoms in total. The van der Waals surface area contributed by atoms with Crippen molar-refractivity contribution in [2.24, 2.45) is 0 Å². The molecule has 0 spiro atoms. The van der Waals surface area contributed by atoms with Gasteiger partial charge in [0.15, 0.2) is 0 Å². The van der Waals surface area contributed by atoms with Crippen LogP contribution >= 0.6 is 0 Å². The highest BCUT2D eigenvalue weighted by Gasteiger charge is 1.89. The molecule has 0 rings (SSSR count). The second-order valence-corrected chi connectivity index (χ2v) is 2.20. The van der Waals surface area contributed by atoms with E-state index >= 15 is 0 Å². The van der Waals surface area contributed by atoms with Crippen molar-refractivity contribution in [3.05, 3.63) is 12.2 Å². The third kappa shape index (κ3) is 5.53. The van der Waals surface area contributed by atoms with Gasteiger partial charge >= 0.3 is 0 Å². The van der Waals surface area contributed by atoms with Crippen molar-refractivity contribution >= 4 is 0 Å². The van der Waals surface area contributed by atoms with Gasteiger partial charge in [-0.05, 0) is 20.9 Å². The van der Waals surface area contributed by atoms with Gasteiger partial charge in [-0.3, -0.25) is 0 Å². The first kappa shape index (κ1) is 8.66. The Labute approximate surface area is 56.6 Å². The van der Waals surface area contributed by atoms with Gasteiger partial charge in [0.25, 0.3) is 0 Å². The van der Waals surface area contributed by atoms with E-state index in [1.54, 1.807) is 13.0 Å². The van der Waals surface area contributed by atoms with Gasteiger partial charge in [-0.15, -0.1) is 0 Å². The van der Waals surface area contributed by atoms with Gasteiger partial charge in [0, 0.05) is 6.04 Å². The number of hydrogen-bond donors (Lipinski definition) is 2. The third-order valence-corrected chi connectivity index (χ3v) is 1.13. The summed E-state index contributed by atoms with van der Waals surface area (Å²) in [5, 5.41) is 11.8. The van der Waals surface area contributed by atoms with Gasteiger partial charge in [0.2, 0.25) is 0 Å². The molecule has 0 amide bonds. The minimum atomic E-state index is -0.333. The lowest BCUT2D eigenvalue weighted by Gasteiger charge is -2.02. The molecule has 0 aliphatic carbocycles. The molecule has 0 aromatic heterocycles. The van der Waals surface area contributed by atoms with Crippen LogP contribution in [0.25, 0.3) is 0 Å². The van der Waals surface area contributed by atoms with Crippen molar-refractivity contribution < 1.29 is 5.11 Å². The maximum atomic E-state index is 8.78. The summed E-state index contributed by atoms with van der Waals surface area (Å²) >= 11 is 0. The lowest BCUT2D eigenvalue weighted by atomic mass is 10.2. The second-order valence-electron chi connectivity index (χ2n) is 2.20. The van der Waals surface area contributed by atoms with Crippen molar-refractivity contribution in [2.45, 2.75) is 26.0 Å². The lowest BCUT2D eigenvalue weighted by molar-refractivity contribution is 0.243. The van der Waals surface area contributed by atoms with Gasteiger partial charge in [-0.25, -0.2) is 0 Å². The van der Waals surface area contributed by atoms with Crippen LogP contribution in [0.15, 0.2) is 12.2 Å². The minimum Gasteiger partial charge on any atom is -0.389 e. The number of nitrogens with one attached hydrogen (secondary N) is 1. The predicted molar refractivity (Wildman–Crippen MR) is 39.3 cm³/mol. The molecule has 0 heterocycles. The molecule has 0 aliphatic rings. The first-order chi connectivity index (χ1) is 4.16. The molecule has 54 valence electrons. The van der Waals surface area contributed by atoms with Crippen molar-refractivity contribution in [1.29, 1.82) is 0 Å². The highest BCUT2D eigenvalue weighted by molar-refractivity contribution is 4.92. The zero-order valence-corrected chi connectivity index (χ0v) is 6.26. The first-order valence-electron chi connectivity index (χ1n) is 3.20. The Bertz CT molecular complexity index is 88.9. The van der Waals surface area contributed by atoms with Gasteiger partial charge in [0.05, 0.1) is 6.10 Å². The molecule has 2 heteroatoms. The quantitative estimate of drug-likeness (QED) is 0.545. The Hall–Kier alpha value is -0.340. The standard InChI is InChI=1S/C7H15NO/c1-6(8-3)4-5-7(2)9/h4-9H,1-3H3. The molecule has 2 unspecified atom stereocenters. The summed E-state index contributed by atoms with van der Waals surface area (Å²) < 4.78 is 0. The van der Waals surface area contributed by atoms with Crippen molar-refractivity contribution in [3.8, 4) is 0 Å². The fourth-order valence-corrected chi connectivity index (χ4v) is 0.424. The summed E-state index contributed by atoms with van der Waals surface area (Å²) in [5.74, 6) is 0. The molecule has 9 heavy (non-hydrogen) atoms. The summed E-state index contributed by atoms with van der Waals surface area (Å²) in [5.41, 5.74) is 0. The van der Waals surface area contributed by atoms with E-state index in [0.29, 0.717) is 6.04 Å². The first-order valence-corrected chi connectivity index (χ1v) is 3.20. The van der Waals surface area contributed by atoms with Crippen LogP contribution < -0.4 is 5.32 Å². The SMILES string of the molecule is CNC(C)C=CC(C)O. The molecule has 0 bridgehead atoms. The van der Waals surface area contributed by atoms with E-state index in [4.69, 9.17) is 5.11 Å². The largest absolute Gasteiger partial charge is 0.389 e. The Kier molecular flexibility index (Phi) is 4.36. The van der Waals surface area contributed by atoms with Crippen LogP contribution in [0.5, 0.6) is 0 Å². The molecule has 0 aromatic rings. The Morgan fingerprint density at radius 1 is 1.33 bits per heavy atom. The number of rotatable bonds is 3. The van der Waals surface area contributed by atoms with E-state index in [-0.39, 0.29) is 6.10 Å². The average Bonchev–Trinajstić information content (AvgIpc) is 1.83. The van der Waals surface area contributed by atoms with E-state index in [2.05, 4.69) is 5.32 Å². The van der Waals surface area contributed by atoms with Crippen LogP contribution in [0.4, 0.5) is 0 Å². The number of aliphatic hydroxyl groups excluding tert-OH is 1. The zero-order chi connectivity index (χ0) is 7.28. The molecule has 0 saturated heterocycles. The summed E-state index contributed by atoms with van der Waals surface area (Å²) in [6, 6.07) is 0.347. The molecule has 0 fully saturated rings. The fourth-order valence-electron chi connectivity index (χ4n) is 0.424. The predicted octanol–water partition coefficient (Wildman–Crippen LogP) is 0.531. The monoisotopic (exact) mass is 129 g/mol. The Morgan fingerprint density at radius 2 is 1.89 bits per heavy atom. The van der Waals surface area contributed by atoms with Crippen molar-refractivity contribution in [3.63, 3.8) is 0 Å². The maximum Gasteiger partial charge on any atom is 0.0693 e. The van der Waals surface area contributed by atoms with E-state index in [9.17, 15) is 0 Å². The van der Waals surface area contributed by atoms with Crippen LogP contribution in [0, 0.1) is 0 Å². The lowest BCUT2D eigenvalue weighted by Crippen LogP contribution is -2.18. The topological polar surface area (TPSA) is 32.3 Å². The zero-order valence-electron chi connectivity index (χ0n) is 6.26. The Morgan fingerprint density at radius 3 is 2.22 bits per heavy atom. The molecule has 2 N–H and O–H groups in total. The van der Waals surface area contributed by atoms with E-state index in [1.807, 2.05) is 20.0 Å². The van der Waals surface area contributed by atoms with Crippen molar-refractivity contribution in [2.75, 3.05) is 7.05 Å². The molecular weight excluding hydrogens is 114 g/mol. The van der Waals surface area contributed by atoms with Gasteiger partial charge in [-0.2, -0.15) is 0 Å². The van der Waals surface area contributed by atoms with Crippen LogP contribution in [0.1, 0.15) is 13.8 Å². The summed E-state index contributed by atoms with van der Waals surface area (Å²) in [6.45, 7) is 3.76. The van der Waals surface area contributed by atoms with Crippen LogP contribution in [-0.2, 0) is 0 Å². The minimum absolute atomic E-state index is 0.333. The smallest absolute Gasteiger partial charge is 0.0693 e. The van der Waals surface area contributed by atoms with Crippen LogP contribution in [0.2, 0.25) is 0 Å². The number of likely N-dealkylation sites (N-methyl/N-ethyl adjacent to an activating group) is 1. The average molecular weight is 129 g/mol. The summed E-state index contributed by atoms with van der Waals surface area (Å²) in [4.78, 5) is 0. The van der Waals surface area contributed by atoms with E-state index in [1.165, 1.54) is 0 Å². The van der Waals surface area contributed by atoms with E-state index in [0.717, 1.165) is 0 Å². The highest BCUT2D eigenvalue weighted by Crippen LogP contribution is 1.86.